The fourth-order valence-electron chi connectivity index (χ4n) is 4.15. The molecule has 2 aliphatic heterocycles. The number of aromatic nitrogens is 3. The number of piperidine rings is 1. The van der Waals surface area contributed by atoms with E-state index < -0.39 is 0 Å². The van der Waals surface area contributed by atoms with Gasteiger partial charge in [-0.2, -0.15) is 0 Å². The second kappa shape index (κ2) is 8.11. The minimum atomic E-state index is -0.228. The van der Waals surface area contributed by atoms with Crippen LogP contribution in [0.5, 0.6) is 0 Å². The largest absolute Gasteiger partial charge is 0.374 e. The van der Waals surface area contributed by atoms with Crippen LogP contribution < -0.4 is 5.32 Å². The number of carbonyl (C=O) groups excluding carboxylic acids is 1. The van der Waals surface area contributed by atoms with Crippen molar-refractivity contribution in [3.63, 3.8) is 0 Å². The van der Waals surface area contributed by atoms with E-state index in [1.54, 1.807) is 0 Å². The Kier molecular flexibility index (Phi) is 5.41. The maximum absolute atomic E-state index is 12.7. The fourth-order valence-corrected chi connectivity index (χ4v) is 4.15. The summed E-state index contributed by atoms with van der Waals surface area (Å²) in [6.45, 7) is 4.71. The molecular formula is C21H29N5O. The quantitative estimate of drug-likeness (QED) is 0.899. The van der Waals surface area contributed by atoms with Crippen LogP contribution in [0.1, 0.15) is 51.3 Å². The van der Waals surface area contributed by atoms with Gasteiger partial charge in [-0.3, -0.25) is 4.79 Å². The normalized spacial score (nSPS) is 18.5. The minimum Gasteiger partial charge on any atom is -0.374 e. The fraction of sp³-hybridized carbons (Fsp3) is 0.571. The molecule has 0 bridgehead atoms. The SMILES string of the molecule is C[C@@H](Nc1cccc(-c2nnc3n2CCCCC3)c1)C(=O)N1CCCCC1. The Labute approximate surface area is 161 Å². The zero-order valence-corrected chi connectivity index (χ0v) is 16.2. The average molecular weight is 367 g/mol. The van der Waals surface area contributed by atoms with Crippen molar-refractivity contribution >= 4 is 11.6 Å². The number of anilines is 1. The second-order valence-electron chi connectivity index (χ2n) is 7.73. The van der Waals surface area contributed by atoms with Gasteiger partial charge in [0.05, 0.1) is 0 Å². The molecule has 6 nitrogen and oxygen atoms in total. The third-order valence-corrected chi connectivity index (χ3v) is 5.65. The van der Waals surface area contributed by atoms with Crippen LogP contribution in [-0.4, -0.2) is 44.7 Å². The number of rotatable bonds is 4. The van der Waals surface area contributed by atoms with E-state index in [-0.39, 0.29) is 11.9 Å². The smallest absolute Gasteiger partial charge is 0.244 e. The van der Waals surface area contributed by atoms with E-state index in [4.69, 9.17) is 0 Å². The third-order valence-electron chi connectivity index (χ3n) is 5.65. The molecule has 0 radical (unpaired) electrons. The standard InChI is InChI=1S/C21H29N5O/c1-16(21(27)25-12-5-3-6-13-25)22-18-10-8-9-17(15-18)20-24-23-19-11-4-2-7-14-26(19)20/h8-10,15-16,22H,2-7,11-14H2,1H3/t16-/m1/s1. The minimum absolute atomic E-state index is 0.191. The van der Waals surface area contributed by atoms with Crippen LogP contribution in [0.25, 0.3) is 11.4 Å². The van der Waals surface area contributed by atoms with Crippen LogP contribution in [0.15, 0.2) is 24.3 Å². The molecule has 0 unspecified atom stereocenters. The zero-order valence-electron chi connectivity index (χ0n) is 16.2. The first-order valence-electron chi connectivity index (χ1n) is 10.3. The zero-order chi connectivity index (χ0) is 18.6. The Morgan fingerprint density at radius 1 is 1.04 bits per heavy atom. The lowest BCUT2D eigenvalue weighted by molar-refractivity contribution is -0.132. The summed E-state index contributed by atoms with van der Waals surface area (Å²) in [5, 5.41) is 12.2. The van der Waals surface area contributed by atoms with Gasteiger partial charge in [-0.25, -0.2) is 0 Å². The van der Waals surface area contributed by atoms with Crippen molar-refractivity contribution in [3.05, 3.63) is 30.1 Å². The van der Waals surface area contributed by atoms with E-state index in [0.29, 0.717) is 0 Å². The molecular weight excluding hydrogens is 338 g/mol. The molecule has 1 aromatic heterocycles. The molecule has 1 amide bonds. The van der Waals surface area contributed by atoms with Crippen LogP contribution in [0, 0.1) is 0 Å². The van der Waals surface area contributed by atoms with Gasteiger partial charge in [-0.1, -0.05) is 18.6 Å². The van der Waals surface area contributed by atoms with Gasteiger partial charge in [0.25, 0.3) is 0 Å². The summed E-state index contributed by atoms with van der Waals surface area (Å²) in [6, 6.07) is 7.97. The Balaban J connectivity index is 1.49. The summed E-state index contributed by atoms with van der Waals surface area (Å²) in [7, 11) is 0. The van der Waals surface area contributed by atoms with Gasteiger partial charge >= 0.3 is 0 Å². The first-order valence-corrected chi connectivity index (χ1v) is 10.3. The van der Waals surface area contributed by atoms with Crippen LogP contribution in [0.2, 0.25) is 0 Å². The topological polar surface area (TPSA) is 63.1 Å². The Hall–Kier alpha value is -2.37. The van der Waals surface area contributed by atoms with Crippen molar-refractivity contribution in [2.45, 2.75) is 64.5 Å². The van der Waals surface area contributed by atoms with E-state index in [2.05, 4.69) is 32.2 Å². The van der Waals surface area contributed by atoms with E-state index in [1.165, 1.54) is 25.7 Å². The molecule has 4 rings (SSSR count). The van der Waals surface area contributed by atoms with Crippen LogP contribution >= 0.6 is 0 Å². The first-order chi connectivity index (χ1) is 13.2. The highest BCUT2D eigenvalue weighted by atomic mass is 16.2. The van der Waals surface area contributed by atoms with Crippen molar-refractivity contribution < 1.29 is 4.79 Å². The number of hydrogen-bond donors (Lipinski definition) is 1. The van der Waals surface area contributed by atoms with E-state index in [1.807, 2.05) is 24.0 Å². The van der Waals surface area contributed by atoms with Gasteiger partial charge in [0.15, 0.2) is 5.82 Å². The molecule has 1 aromatic carbocycles. The van der Waals surface area contributed by atoms with E-state index >= 15 is 0 Å². The number of fused-ring (bicyclic) bond motifs is 1. The molecule has 2 aromatic rings. The number of carbonyl (C=O) groups is 1. The van der Waals surface area contributed by atoms with Crippen LogP contribution in [0.3, 0.4) is 0 Å². The monoisotopic (exact) mass is 367 g/mol. The summed E-state index contributed by atoms with van der Waals surface area (Å²) >= 11 is 0. The summed E-state index contributed by atoms with van der Waals surface area (Å²) in [5.41, 5.74) is 2.01. The molecule has 1 atom stereocenters. The van der Waals surface area contributed by atoms with Gasteiger partial charge < -0.3 is 14.8 Å². The van der Waals surface area contributed by atoms with Gasteiger partial charge in [0, 0.05) is 37.3 Å². The Bertz CT molecular complexity index is 794. The van der Waals surface area contributed by atoms with Crippen molar-refractivity contribution in [3.8, 4) is 11.4 Å². The average Bonchev–Trinajstić information content (AvgIpc) is 2.96. The molecule has 0 aliphatic carbocycles. The lowest BCUT2D eigenvalue weighted by Crippen LogP contribution is -2.43. The second-order valence-corrected chi connectivity index (χ2v) is 7.73. The van der Waals surface area contributed by atoms with Crippen LogP contribution in [0.4, 0.5) is 5.69 Å². The van der Waals surface area contributed by atoms with E-state index in [9.17, 15) is 4.79 Å². The number of aryl methyl sites for hydroxylation is 1. The lowest BCUT2D eigenvalue weighted by Gasteiger charge is -2.29. The number of amides is 1. The van der Waals surface area contributed by atoms with Gasteiger partial charge in [-0.05, 0) is 51.2 Å². The molecule has 6 heteroatoms. The molecule has 1 saturated heterocycles. The summed E-state index contributed by atoms with van der Waals surface area (Å²) in [5.74, 6) is 2.22. The molecule has 27 heavy (non-hydrogen) atoms. The van der Waals surface area contributed by atoms with Gasteiger partial charge in [0.1, 0.15) is 11.9 Å². The highest BCUT2D eigenvalue weighted by molar-refractivity contribution is 5.84. The number of nitrogens with one attached hydrogen (secondary N) is 1. The maximum Gasteiger partial charge on any atom is 0.244 e. The summed E-state index contributed by atoms with van der Waals surface area (Å²) in [6.07, 6.45) is 8.09. The highest BCUT2D eigenvalue weighted by Crippen LogP contribution is 2.25. The summed E-state index contributed by atoms with van der Waals surface area (Å²) < 4.78 is 2.26. The highest BCUT2D eigenvalue weighted by Gasteiger charge is 2.22. The van der Waals surface area contributed by atoms with Crippen molar-refractivity contribution in [1.82, 2.24) is 19.7 Å². The number of likely N-dealkylation sites (tertiary alicyclic amines) is 1. The summed E-state index contributed by atoms with van der Waals surface area (Å²) in [4.78, 5) is 14.7. The van der Waals surface area contributed by atoms with Gasteiger partial charge in [0.2, 0.25) is 5.91 Å². The molecule has 2 aliphatic rings. The van der Waals surface area contributed by atoms with Crippen molar-refractivity contribution in [1.29, 1.82) is 0 Å². The predicted octanol–water partition coefficient (Wildman–Crippen LogP) is 3.48. The molecule has 3 heterocycles. The van der Waals surface area contributed by atoms with Gasteiger partial charge in [-0.15, -0.1) is 10.2 Å². The Morgan fingerprint density at radius 2 is 1.81 bits per heavy atom. The number of nitrogens with zero attached hydrogens (tertiary/aromatic N) is 4. The molecule has 1 fully saturated rings. The molecule has 0 spiro atoms. The predicted molar refractivity (Wildman–Crippen MR) is 107 cm³/mol. The van der Waals surface area contributed by atoms with Crippen LogP contribution in [-0.2, 0) is 17.8 Å². The van der Waals surface area contributed by atoms with E-state index in [0.717, 1.165) is 61.8 Å². The Morgan fingerprint density at radius 3 is 2.67 bits per heavy atom. The lowest BCUT2D eigenvalue weighted by atomic mass is 10.1. The van der Waals surface area contributed by atoms with Crippen molar-refractivity contribution in [2.24, 2.45) is 0 Å². The number of benzene rings is 1. The van der Waals surface area contributed by atoms with Crippen molar-refractivity contribution in [2.75, 3.05) is 18.4 Å². The number of hydrogen-bond acceptors (Lipinski definition) is 4. The maximum atomic E-state index is 12.7. The third kappa shape index (κ3) is 3.99. The molecule has 144 valence electrons. The molecule has 1 N–H and O–H groups in total. The molecule has 0 saturated carbocycles. The first kappa shape index (κ1) is 18.0.